The molecule has 2 rings (SSSR count). The Morgan fingerprint density at radius 3 is 2.72 bits per heavy atom. The molecular formula is C15H23NO2. The van der Waals surface area contributed by atoms with Crippen LogP contribution in [0.5, 0.6) is 0 Å². The number of ketones is 1. The number of hydrogen-bond acceptors (Lipinski definition) is 2. The van der Waals surface area contributed by atoms with Gasteiger partial charge in [-0.25, -0.2) is 0 Å². The highest BCUT2D eigenvalue weighted by atomic mass is 16.5. The molecule has 0 unspecified atom stereocenters. The fourth-order valence-electron chi connectivity index (χ4n) is 2.37. The maximum Gasteiger partial charge on any atom is 0.164 e. The van der Waals surface area contributed by atoms with Crippen molar-refractivity contribution < 1.29 is 9.53 Å². The van der Waals surface area contributed by atoms with E-state index >= 15 is 0 Å². The maximum absolute atomic E-state index is 11.9. The molecule has 0 bridgehead atoms. The van der Waals surface area contributed by atoms with Gasteiger partial charge in [-0.1, -0.05) is 0 Å². The normalized spacial score (nSPS) is 16.5. The van der Waals surface area contributed by atoms with Gasteiger partial charge in [0.25, 0.3) is 0 Å². The second kappa shape index (κ2) is 5.27. The van der Waals surface area contributed by atoms with E-state index in [9.17, 15) is 4.79 Å². The molecule has 1 aromatic rings. The molecule has 1 aromatic heterocycles. The summed E-state index contributed by atoms with van der Waals surface area (Å²) in [4.78, 5) is 11.9. The van der Waals surface area contributed by atoms with Gasteiger partial charge < -0.3 is 9.30 Å². The van der Waals surface area contributed by atoms with Crippen molar-refractivity contribution in [1.82, 2.24) is 4.57 Å². The molecule has 1 aliphatic carbocycles. The first-order chi connectivity index (χ1) is 8.52. The molecule has 3 heteroatoms. The third-order valence-electron chi connectivity index (χ3n) is 3.89. The van der Waals surface area contributed by atoms with Crippen LogP contribution in [0.4, 0.5) is 0 Å². The minimum absolute atomic E-state index is 0.105. The lowest BCUT2D eigenvalue weighted by atomic mass is 10.1. The molecule has 0 fully saturated rings. The number of aryl methyl sites for hydroxylation is 2. The van der Waals surface area contributed by atoms with Crippen molar-refractivity contribution in [2.24, 2.45) is 0 Å². The quantitative estimate of drug-likeness (QED) is 0.767. The van der Waals surface area contributed by atoms with Crippen molar-refractivity contribution in [1.29, 1.82) is 0 Å². The SMILES string of the molecule is COC(C)(C)CCn1cc2c(c1)C(=O)CCCC2. The number of methoxy groups -OCH3 is 1. The Hall–Kier alpha value is -1.09. The number of aromatic nitrogens is 1. The van der Waals surface area contributed by atoms with E-state index < -0.39 is 0 Å². The minimum Gasteiger partial charge on any atom is -0.379 e. The standard InChI is InChI=1S/C15H23NO2/c1-15(2,18-3)8-9-16-10-12-6-4-5-7-14(17)13(12)11-16/h10-11H,4-9H2,1-3H3. The average molecular weight is 249 g/mol. The number of ether oxygens (including phenoxy) is 1. The fourth-order valence-corrected chi connectivity index (χ4v) is 2.37. The molecular weight excluding hydrogens is 226 g/mol. The summed E-state index contributed by atoms with van der Waals surface area (Å²) in [5.41, 5.74) is 2.07. The number of rotatable bonds is 4. The van der Waals surface area contributed by atoms with Gasteiger partial charge in [-0.05, 0) is 45.1 Å². The first-order valence-corrected chi connectivity index (χ1v) is 6.79. The smallest absolute Gasteiger partial charge is 0.164 e. The summed E-state index contributed by atoms with van der Waals surface area (Å²) in [6, 6.07) is 0. The largest absolute Gasteiger partial charge is 0.379 e. The van der Waals surface area contributed by atoms with Crippen LogP contribution in [0.1, 0.15) is 55.5 Å². The number of nitrogens with zero attached hydrogens (tertiary/aromatic N) is 1. The van der Waals surface area contributed by atoms with Gasteiger partial charge in [0, 0.05) is 38.0 Å². The Labute approximate surface area is 109 Å². The molecule has 1 aliphatic rings. The summed E-state index contributed by atoms with van der Waals surface area (Å²) in [6.07, 6.45) is 9.03. The van der Waals surface area contributed by atoms with E-state index in [1.165, 1.54) is 5.56 Å². The molecule has 3 nitrogen and oxygen atoms in total. The van der Waals surface area contributed by atoms with Gasteiger partial charge >= 0.3 is 0 Å². The maximum atomic E-state index is 11.9. The van der Waals surface area contributed by atoms with Crippen LogP contribution in [0.15, 0.2) is 12.4 Å². The third kappa shape index (κ3) is 3.02. The lowest BCUT2D eigenvalue weighted by molar-refractivity contribution is 0.0120. The van der Waals surface area contributed by atoms with Crippen LogP contribution in [0.25, 0.3) is 0 Å². The van der Waals surface area contributed by atoms with Gasteiger partial charge in [-0.3, -0.25) is 4.79 Å². The molecule has 0 N–H and O–H groups in total. The Morgan fingerprint density at radius 2 is 2.00 bits per heavy atom. The van der Waals surface area contributed by atoms with E-state index in [2.05, 4.69) is 24.6 Å². The number of fused-ring (bicyclic) bond motifs is 1. The van der Waals surface area contributed by atoms with E-state index in [1.54, 1.807) is 7.11 Å². The average Bonchev–Trinajstić information content (AvgIpc) is 2.68. The van der Waals surface area contributed by atoms with Crippen LogP contribution in [0.2, 0.25) is 0 Å². The topological polar surface area (TPSA) is 31.2 Å². The highest BCUT2D eigenvalue weighted by molar-refractivity contribution is 5.97. The summed E-state index contributed by atoms with van der Waals surface area (Å²) in [5.74, 6) is 0.312. The summed E-state index contributed by atoms with van der Waals surface area (Å²) in [7, 11) is 1.74. The van der Waals surface area contributed by atoms with Crippen LogP contribution in [-0.4, -0.2) is 23.1 Å². The molecule has 0 aliphatic heterocycles. The van der Waals surface area contributed by atoms with Crippen molar-refractivity contribution in [2.45, 2.75) is 58.1 Å². The van der Waals surface area contributed by atoms with Crippen molar-refractivity contribution in [3.05, 3.63) is 23.5 Å². The zero-order chi connectivity index (χ0) is 13.2. The molecule has 0 amide bonds. The molecule has 18 heavy (non-hydrogen) atoms. The lowest BCUT2D eigenvalue weighted by Gasteiger charge is -2.22. The molecule has 0 radical (unpaired) electrons. The zero-order valence-corrected chi connectivity index (χ0v) is 11.7. The van der Waals surface area contributed by atoms with E-state index in [0.29, 0.717) is 12.2 Å². The highest BCUT2D eigenvalue weighted by Crippen LogP contribution is 2.22. The summed E-state index contributed by atoms with van der Waals surface area (Å²) in [6.45, 7) is 5.08. The van der Waals surface area contributed by atoms with Crippen LogP contribution in [0, 0.1) is 0 Å². The second-order valence-electron chi connectivity index (χ2n) is 5.78. The Bertz CT molecular complexity index is 432. The second-order valence-corrected chi connectivity index (χ2v) is 5.78. The Kier molecular flexibility index (Phi) is 3.91. The van der Waals surface area contributed by atoms with Gasteiger partial charge in [-0.15, -0.1) is 0 Å². The molecule has 100 valence electrons. The lowest BCUT2D eigenvalue weighted by Crippen LogP contribution is -2.24. The van der Waals surface area contributed by atoms with Crippen molar-refractivity contribution in [3.63, 3.8) is 0 Å². The summed E-state index contributed by atoms with van der Waals surface area (Å²) < 4.78 is 7.57. The van der Waals surface area contributed by atoms with Crippen LogP contribution in [-0.2, 0) is 17.7 Å². The van der Waals surface area contributed by atoms with Crippen LogP contribution in [0.3, 0.4) is 0 Å². The first kappa shape index (κ1) is 13.3. The van der Waals surface area contributed by atoms with Crippen molar-refractivity contribution in [3.8, 4) is 0 Å². The van der Waals surface area contributed by atoms with Crippen molar-refractivity contribution in [2.75, 3.05) is 7.11 Å². The number of hydrogen-bond donors (Lipinski definition) is 0. The van der Waals surface area contributed by atoms with Gasteiger partial charge in [0.05, 0.1) is 5.60 Å². The van der Waals surface area contributed by atoms with E-state index in [4.69, 9.17) is 4.74 Å². The number of carbonyl (C=O) groups is 1. The highest BCUT2D eigenvalue weighted by Gasteiger charge is 2.19. The van der Waals surface area contributed by atoms with E-state index in [1.807, 2.05) is 6.20 Å². The predicted molar refractivity (Wildman–Crippen MR) is 72.0 cm³/mol. The predicted octanol–water partition coefficient (Wildman–Crippen LogP) is 3.21. The molecule has 0 spiro atoms. The molecule has 0 atom stereocenters. The Morgan fingerprint density at radius 1 is 1.28 bits per heavy atom. The van der Waals surface area contributed by atoms with Gasteiger partial charge in [0.15, 0.2) is 5.78 Å². The molecule has 0 saturated heterocycles. The number of Topliss-reactive ketones (excluding diaryl/α,β-unsaturated/α-hetero) is 1. The van der Waals surface area contributed by atoms with E-state index in [0.717, 1.165) is 37.8 Å². The van der Waals surface area contributed by atoms with E-state index in [-0.39, 0.29) is 5.60 Å². The zero-order valence-electron chi connectivity index (χ0n) is 11.7. The summed E-state index contributed by atoms with van der Waals surface area (Å²) in [5, 5.41) is 0. The summed E-state index contributed by atoms with van der Waals surface area (Å²) >= 11 is 0. The molecule has 1 heterocycles. The minimum atomic E-state index is -0.105. The van der Waals surface area contributed by atoms with Gasteiger partial charge in [-0.2, -0.15) is 0 Å². The van der Waals surface area contributed by atoms with Gasteiger partial charge in [0.2, 0.25) is 0 Å². The molecule has 0 saturated carbocycles. The number of carbonyl (C=O) groups excluding carboxylic acids is 1. The molecule has 0 aromatic carbocycles. The Balaban J connectivity index is 2.08. The van der Waals surface area contributed by atoms with Crippen LogP contribution >= 0.6 is 0 Å². The fraction of sp³-hybridized carbons (Fsp3) is 0.667. The van der Waals surface area contributed by atoms with Crippen LogP contribution < -0.4 is 0 Å². The van der Waals surface area contributed by atoms with Gasteiger partial charge in [0.1, 0.15) is 0 Å². The third-order valence-corrected chi connectivity index (χ3v) is 3.89. The first-order valence-electron chi connectivity index (χ1n) is 6.79. The monoisotopic (exact) mass is 249 g/mol. The van der Waals surface area contributed by atoms with Crippen molar-refractivity contribution >= 4 is 5.78 Å².